The number of carbonyl (C=O) groups is 1. The lowest BCUT2D eigenvalue weighted by Crippen LogP contribution is -2.50. The van der Waals surface area contributed by atoms with E-state index in [9.17, 15) is 9.18 Å². The van der Waals surface area contributed by atoms with Crippen molar-refractivity contribution in [3.63, 3.8) is 0 Å². The van der Waals surface area contributed by atoms with Gasteiger partial charge in [-0.1, -0.05) is 0 Å². The van der Waals surface area contributed by atoms with E-state index in [4.69, 9.17) is 4.74 Å². The van der Waals surface area contributed by atoms with Gasteiger partial charge in [-0.05, 0) is 77.8 Å². The van der Waals surface area contributed by atoms with Gasteiger partial charge in [-0.15, -0.1) is 0 Å². The number of aryl methyl sites for hydroxylation is 2. The maximum Gasteiger partial charge on any atom is 0.184 e. The Labute approximate surface area is 178 Å². The first kappa shape index (κ1) is 22.5. The zero-order valence-electron chi connectivity index (χ0n) is 18.4. The van der Waals surface area contributed by atoms with Crippen LogP contribution < -0.4 is 0 Å². The third-order valence-corrected chi connectivity index (χ3v) is 6.27. The van der Waals surface area contributed by atoms with Crippen LogP contribution in [-0.4, -0.2) is 52.5 Å². The SMILES string of the molecule is CCOC[C@]1(CCc2ccc(F)cn2)CCN(C(C)(C)C(=O)c2ccc(C)nc2)C1. The highest BCUT2D eigenvalue weighted by atomic mass is 19.1. The number of likely N-dealkylation sites (tertiary alicyclic amines) is 1. The number of Topliss-reactive ketones (excluding diaryl/α,β-unsaturated/α-hetero) is 1. The quantitative estimate of drug-likeness (QED) is 0.576. The lowest BCUT2D eigenvalue weighted by atomic mass is 9.82. The highest BCUT2D eigenvalue weighted by Crippen LogP contribution is 2.39. The van der Waals surface area contributed by atoms with E-state index in [0.29, 0.717) is 18.8 Å². The summed E-state index contributed by atoms with van der Waals surface area (Å²) in [6.07, 6.45) is 5.54. The molecule has 1 fully saturated rings. The molecule has 0 N–H and O–H groups in total. The first-order chi connectivity index (χ1) is 14.3. The molecule has 0 bridgehead atoms. The zero-order chi connectivity index (χ0) is 21.8. The van der Waals surface area contributed by atoms with Crippen molar-refractivity contribution in [3.05, 3.63) is 59.4 Å². The Kier molecular flexibility index (Phi) is 6.98. The highest BCUT2D eigenvalue weighted by molar-refractivity contribution is 6.02. The molecule has 0 amide bonds. The van der Waals surface area contributed by atoms with E-state index in [1.807, 2.05) is 39.8 Å². The minimum absolute atomic E-state index is 0.0465. The van der Waals surface area contributed by atoms with Gasteiger partial charge in [0, 0.05) is 41.7 Å². The molecule has 0 aromatic carbocycles. The van der Waals surface area contributed by atoms with Crippen LogP contribution in [0.4, 0.5) is 4.39 Å². The summed E-state index contributed by atoms with van der Waals surface area (Å²) in [6.45, 7) is 10.8. The molecule has 1 aliphatic heterocycles. The van der Waals surface area contributed by atoms with Crippen molar-refractivity contribution in [2.24, 2.45) is 5.41 Å². The Balaban J connectivity index is 1.73. The monoisotopic (exact) mass is 413 g/mol. The predicted molar refractivity (Wildman–Crippen MR) is 115 cm³/mol. The van der Waals surface area contributed by atoms with Gasteiger partial charge < -0.3 is 4.74 Å². The highest BCUT2D eigenvalue weighted by Gasteiger charge is 2.45. The Morgan fingerprint density at radius 3 is 2.67 bits per heavy atom. The molecule has 1 aliphatic rings. The van der Waals surface area contributed by atoms with E-state index in [2.05, 4.69) is 14.9 Å². The molecule has 0 aliphatic carbocycles. The molecule has 0 spiro atoms. The largest absolute Gasteiger partial charge is 0.381 e. The topological polar surface area (TPSA) is 55.3 Å². The van der Waals surface area contributed by atoms with Crippen molar-refractivity contribution in [2.45, 2.75) is 52.5 Å². The number of hydrogen-bond acceptors (Lipinski definition) is 5. The van der Waals surface area contributed by atoms with E-state index in [1.165, 1.54) is 12.3 Å². The Hall–Kier alpha value is -2.18. The molecular formula is C24H32FN3O2. The second-order valence-corrected chi connectivity index (χ2v) is 8.85. The van der Waals surface area contributed by atoms with Gasteiger partial charge in [0.2, 0.25) is 0 Å². The van der Waals surface area contributed by atoms with E-state index in [0.717, 1.165) is 43.7 Å². The Morgan fingerprint density at radius 1 is 1.23 bits per heavy atom. The lowest BCUT2D eigenvalue weighted by Gasteiger charge is -2.36. The van der Waals surface area contributed by atoms with Crippen LogP contribution in [0.2, 0.25) is 0 Å². The number of nitrogens with zero attached hydrogens (tertiary/aromatic N) is 3. The molecule has 0 radical (unpaired) electrons. The van der Waals surface area contributed by atoms with E-state index >= 15 is 0 Å². The number of halogens is 1. The number of pyridine rings is 2. The summed E-state index contributed by atoms with van der Waals surface area (Å²) in [4.78, 5) is 24.0. The molecule has 1 atom stereocenters. The number of carbonyl (C=O) groups excluding carboxylic acids is 1. The van der Waals surface area contributed by atoms with Gasteiger partial charge in [-0.25, -0.2) is 4.39 Å². The van der Waals surface area contributed by atoms with Crippen molar-refractivity contribution in [3.8, 4) is 0 Å². The smallest absolute Gasteiger partial charge is 0.184 e. The van der Waals surface area contributed by atoms with Gasteiger partial charge in [0.25, 0.3) is 0 Å². The summed E-state index contributed by atoms with van der Waals surface area (Å²) in [7, 11) is 0. The number of ether oxygens (including phenoxy) is 1. The molecule has 5 nitrogen and oxygen atoms in total. The first-order valence-electron chi connectivity index (χ1n) is 10.7. The molecule has 0 unspecified atom stereocenters. The molecular weight excluding hydrogens is 381 g/mol. The van der Waals surface area contributed by atoms with Crippen LogP contribution >= 0.6 is 0 Å². The fraction of sp³-hybridized carbons (Fsp3) is 0.542. The van der Waals surface area contributed by atoms with Gasteiger partial charge in [0.05, 0.1) is 18.3 Å². The average Bonchev–Trinajstić information content (AvgIpc) is 3.17. The number of aromatic nitrogens is 2. The summed E-state index contributed by atoms with van der Waals surface area (Å²) >= 11 is 0. The van der Waals surface area contributed by atoms with Gasteiger partial charge in [0.1, 0.15) is 5.82 Å². The van der Waals surface area contributed by atoms with Crippen LogP contribution in [0, 0.1) is 18.2 Å². The average molecular weight is 414 g/mol. The second kappa shape index (κ2) is 9.31. The Bertz CT molecular complexity index is 852. The van der Waals surface area contributed by atoms with Crippen molar-refractivity contribution in [1.82, 2.24) is 14.9 Å². The van der Waals surface area contributed by atoms with Crippen LogP contribution in [0.15, 0.2) is 36.7 Å². The second-order valence-electron chi connectivity index (χ2n) is 8.85. The number of ketones is 1. The maximum absolute atomic E-state index is 13.2. The minimum atomic E-state index is -0.626. The van der Waals surface area contributed by atoms with Gasteiger partial charge in [0.15, 0.2) is 5.78 Å². The van der Waals surface area contributed by atoms with Crippen LogP contribution in [0.5, 0.6) is 0 Å². The molecule has 2 aromatic rings. The third kappa shape index (κ3) is 5.10. The molecule has 2 aromatic heterocycles. The number of hydrogen-bond donors (Lipinski definition) is 0. The van der Waals surface area contributed by atoms with Gasteiger partial charge >= 0.3 is 0 Å². The van der Waals surface area contributed by atoms with Crippen molar-refractivity contribution in [2.75, 3.05) is 26.3 Å². The molecule has 1 saturated heterocycles. The molecule has 30 heavy (non-hydrogen) atoms. The summed E-state index contributed by atoms with van der Waals surface area (Å²) < 4.78 is 19.0. The summed E-state index contributed by atoms with van der Waals surface area (Å²) in [5.74, 6) is -0.233. The van der Waals surface area contributed by atoms with Crippen molar-refractivity contribution in [1.29, 1.82) is 0 Å². The number of rotatable bonds is 9. The van der Waals surface area contributed by atoms with Crippen molar-refractivity contribution < 1.29 is 13.9 Å². The normalized spacial score (nSPS) is 19.9. The first-order valence-corrected chi connectivity index (χ1v) is 10.7. The fourth-order valence-electron chi connectivity index (χ4n) is 4.17. The lowest BCUT2D eigenvalue weighted by molar-refractivity contribution is 0.0369. The maximum atomic E-state index is 13.2. The van der Waals surface area contributed by atoms with E-state index in [1.54, 1.807) is 12.3 Å². The standard InChI is InChI=1S/C24H32FN3O2/c1-5-30-17-24(11-10-21-9-8-20(25)15-27-21)12-13-28(16-24)23(3,4)22(29)19-7-6-18(2)26-14-19/h6-9,14-15H,5,10-13,16-17H2,1-4H3/t24-/m1/s1. The molecule has 3 heterocycles. The van der Waals surface area contributed by atoms with Crippen LogP contribution in [-0.2, 0) is 11.2 Å². The zero-order valence-corrected chi connectivity index (χ0v) is 18.4. The van der Waals surface area contributed by atoms with Gasteiger partial charge in [-0.2, -0.15) is 0 Å². The van der Waals surface area contributed by atoms with Gasteiger partial charge in [-0.3, -0.25) is 19.7 Å². The molecule has 3 rings (SSSR count). The third-order valence-electron chi connectivity index (χ3n) is 6.27. The molecule has 6 heteroatoms. The fourth-order valence-corrected chi connectivity index (χ4v) is 4.17. The predicted octanol–water partition coefficient (Wildman–Crippen LogP) is 4.25. The Morgan fingerprint density at radius 2 is 2.03 bits per heavy atom. The van der Waals surface area contributed by atoms with Crippen LogP contribution in [0.1, 0.15) is 55.4 Å². The summed E-state index contributed by atoms with van der Waals surface area (Å²) in [6, 6.07) is 6.93. The summed E-state index contributed by atoms with van der Waals surface area (Å²) in [5.41, 5.74) is 1.75. The van der Waals surface area contributed by atoms with Crippen molar-refractivity contribution >= 4 is 5.78 Å². The summed E-state index contributed by atoms with van der Waals surface area (Å²) in [5, 5.41) is 0. The molecule has 162 valence electrons. The van der Waals surface area contributed by atoms with E-state index < -0.39 is 5.54 Å². The minimum Gasteiger partial charge on any atom is -0.381 e. The van der Waals surface area contributed by atoms with E-state index in [-0.39, 0.29) is 17.0 Å². The van der Waals surface area contributed by atoms with Crippen LogP contribution in [0.3, 0.4) is 0 Å². The molecule has 0 saturated carbocycles. The van der Waals surface area contributed by atoms with Crippen LogP contribution in [0.25, 0.3) is 0 Å².